The summed E-state index contributed by atoms with van der Waals surface area (Å²) in [5.74, 6) is 0. The number of nitrogens with one attached hydrogen (secondary N) is 1. The molecule has 2 aliphatic heterocycles. The van der Waals surface area contributed by atoms with Crippen LogP contribution < -0.4 is 5.32 Å². The largest absolute Gasteiger partial charge is 0.312 e. The first kappa shape index (κ1) is 14.3. The first-order chi connectivity index (χ1) is 8.49. The first-order valence-electron chi connectivity index (χ1n) is 7.69. The summed E-state index contributed by atoms with van der Waals surface area (Å²) in [7, 11) is 0. The average Bonchev–Trinajstić information content (AvgIpc) is 2.32. The summed E-state index contributed by atoms with van der Waals surface area (Å²) in [6.45, 7) is 16.9. The van der Waals surface area contributed by atoms with E-state index in [9.17, 15) is 0 Å². The highest BCUT2D eigenvalue weighted by atomic mass is 15.3. The third-order valence-corrected chi connectivity index (χ3v) is 4.91. The molecule has 106 valence electrons. The molecular weight excluding hydrogens is 222 g/mol. The molecule has 2 fully saturated rings. The molecule has 3 nitrogen and oxygen atoms in total. The fourth-order valence-corrected chi connectivity index (χ4v) is 3.30. The Morgan fingerprint density at radius 3 is 2.39 bits per heavy atom. The maximum atomic E-state index is 3.74. The van der Waals surface area contributed by atoms with Gasteiger partial charge in [-0.05, 0) is 38.6 Å². The van der Waals surface area contributed by atoms with Gasteiger partial charge in [-0.3, -0.25) is 9.80 Å². The molecule has 2 heterocycles. The Morgan fingerprint density at radius 1 is 1.17 bits per heavy atom. The molecule has 0 radical (unpaired) electrons. The minimum absolute atomic E-state index is 0.466. The van der Waals surface area contributed by atoms with Crippen LogP contribution in [-0.4, -0.2) is 61.2 Å². The molecule has 2 saturated heterocycles. The SMILES string of the molecule is CC(C)N1CCN(CC2NCCCC2(C)C)CC1. The molecule has 1 N–H and O–H groups in total. The number of hydrogen-bond donors (Lipinski definition) is 1. The molecule has 0 amide bonds. The molecule has 0 spiro atoms. The zero-order chi connectivity index (χ0) is 13.2. The van der Waals surface area contributed by atoms with Gasteiger partial charge in [0.25, 0.3) is 0 Å². The molecule has 0 aromatic rings. The zero-order valence-corrected chi connectivity index (χ0v) is 12.7. The predicted molar refractivity (Wildman–Crippen MR) is 78.0 cm³/mol. The zero-order valence-electron chi connectivity index (χ0n) is 12.7. The van der Waals surface area contributed by atoms with Crippen molar-refractivity contribution in [3.8, 4) is 0 Å². The summed E-state index contributed by atoms with van der Waals surface area (Å²) >= 11 is 0. The van der Waals surface area contributed by atoms with Crippen molar-refractivity contribution in [3.05, 3.63) is 0 Å². The standard InChI is InChI=1S/C15H31N3/c1-13(2)18-10-8-17(9-11-18)12-14-15(3,4)6-5-7-16-14/h13-14,16H,5-12H2,1-4H3. The lowest BCUT2D eigenvalue weighted by atomic mass is 9.77. The maximum Gasteiger partial charge on any atom is 0.0246 e. The van der Waals surface area contributed by atoms with Gasteiger partial charge in [0.2, 0.25) is 0 Å². The van der Waals surface area contributed by atoms with Crippen molar-refractivity contribution in [2.45, 2.75) is 52.6 Å². The lowest BCUT2D eigenvalue weighted by molar-refractivity contribution is 0.0723. The van der Waals surface area contributed by atoms with Crippen LogP contribution in [0.15, 0.2) is 0 Å². The lowest BCUT2D eigenvalue weighted by Crippen LogP contribution is -2.56. The summed E-state index contributed by atoms with van der Waals surface area (Å²) in [5, 5.41) is 3.74. The van der Waals surface area contributed by atoms with Crippen molar-refractivity contribution in [1.29, 1.82) is 0 Å². The van der Waals surface area contributed by atoms with Gasteiger partial charge in [0, 0.05) is 44.8 Å². The highest BCUT2D eigenvalue weighted by Gasteiger charge is 2.33. The van der Waals surface area contributed by atoms with E-state index in [2.05, 4.69) is 42.8 Å². The molecule has 0 aromatic heterocycles. The fourth-order valence-electron chi connectivity index (χ4n) is 3.30. The van der Waals surface area contributed by atoms with E-state index in [-0.39, 0.29) is 0 Å². The Hall–Kier alpha value is -0.120. The minimum atomic E-state index is 0.466. The molecule has 0 aromatic carbocycles. The van der Waals surface area contributed by atoms with Gasteiger partial charge in [0.15, 0.2) is 0 Å². The van der Waals surface area contributed by atoms with Crippen molar-refractivity contribution in [2.24, 2.45) is 5.41 Å². The molecule has 2 aliphatic rings. The van der Waals surface area contributed by atoms with E-state index in [1.165, 1.54) is 52.1 Å². The fraction of sp³-hybridized carbons (Fsp3) is 1.00. The van der Waals surface area contributed by atoms with Gasteiger partial charge in [-0.15, -0.1) is 0 Å². The molecule has 0 saturated carbocycles. The monoisotopic (exact) mass is 253 g/mol. The van der Waals surface area contributed by atoms with E-state index in [1.54, 1.807) is 0 Å². The topological polar surface area (TPSA) is 18.5 Å². The van der Waals surface area contributed by atoms with Crippen LogP contribution in [0.3, 0.4) is 0 Å². The Bertz CT molecular complexity index is 254. The smallest absolute Gasteiger partial charge is 0.0246 e. The predicted octanol–water partition coefficient (Wildman–Crippen LogP) is 1.79. The molecule has 18 heavy (non-hydrogen) atoms. The van der Waals surface area contributed by atoms with Crippen molar-refractivity contribution in [1.82, 2.24) is 15.1 Å². The summed E-state index contributed by atoms with van der Waals surface area (Å²) in [4.78, 5) is 5.25. The Balaban J connectivity index is 1.80. The second kappa shape index (κ2) is 5.89. The van der Waals surface area contributed by atoms with Gasteiger partial charge in [0.05, 0.1) is 0 Å². The van der Waals surface area contributed by atoms with Crippen molar-refractivity contribution in [3.63, 3.8) is 0 Å². The second-order valence-corrected chi connectivity index (χ2v) is 7.03. The third-order valence-electron chi connectivity index (χ3n) is 4.91. The normalized spacial score (nSPS) is 30.8. The van der Waals surface area contributed by atoms with Crippen molar-refractivity contribution < 1.29 is 0 Å². The van der Waals surface area contributed by atoms with Gasteiger partial charge >= 0.3 is 0 Å². The van der Waals surface area contributed by atoms with Crippen molar-refractivity contribution in [2.75, 3.05) is 39.3 Å². The number of rotatable bonds is 3. The summed E-state index contributed by atoms with van der Waals surface area (Å²) in [6, 6.07) is 1.38. The van der Waals surface area contributed by atoms with Crippen LogP contribution in [0.4, 0.5) is 0 Å². The average molecular weight is 253 g/mol. The number of hydrogen-bond acceptors (Lipinski definition) is 3. The number of piperazine rings is 1. The second-order valence-electron chi connectivity index (χ2n) is 7.03. The van der Waals surface area contributed by atoms with E-state index in [0.717, 1.165) is 0 Å². The van der Waals surface area contributed by atoms with Gasteiger partial charge < -0.3 is 5.32 Å². The van der Waals surface area contributed by atoms with E-state index in [0.29, 0.717) is 17.5 Å². The van der Waals surface area contributed by atoms with Gasteiger partial charge in [-0.25, -0.2) is 0 Å². The summed E-state index contributed by atoms with van der Waals surface area (Å²) < 4.78 is 0. The van der Waals surface area contributed by atoms with Crippen LogP contribution in [0, 0.1) is 5.41 Å². The number of nitrogens with zero attached hydrogens (tertiary/aromatic N) is 2. The maximum absolute atomic E-state index is 3.74. The van der Waals surface area contributed by atoms with Gasteiger partial charge in [-0.1, -0.05) is 13.8 Å². The highest BCUT2D eigenvalue weighted by Crippen LogP contribution is 2.30. The third kappa shape index (κ3) is 3.46. The van der Waals surface area contributed by atoms with Crippen molar-refractivity contribution >= 4 is 0 Å². The van der Waals surface area contributed by atoms with Crippen LogP contribution >= 0.6 is 0 Å². The molecule has 0 aliphatic carbocycles. The van der Waals surface area contributed by atoms with E-state index in [1.807, 2.05) is 0 Å². The lowest BCUT2D eigenvalue weighted by Gasteiger charge is -2.44. The highest BCUT2D eigenvalue weighted by molar-refractivity contribution is 4.91. The van der Waals surface area contributed by atoms with E-state index >= 15 is 0 Å². The quantitative estimate of drug-likeness (QED) is 0.827. The van der Waals surface area contributed by atoms with Crippen LogP contribution in [0.5, 0.6) is 0 Å². The van der Waals surface area contributed by atoms with E-state index < -0.39 is 0 Å². The molecule has 3 heteroatoms. The van der Waals surface area contributed by atoms with Crippen LogP contribution in [-0.2, 0) is 0 Å². The minimum Gasteiger partial charge on any atom is -0.312 e. The van der Waals surface area contributed by atoms with Gasteiger partial charge in [0.1, 0.15) is 0 Å². The van der Waals surface area contributed by atoms with Crippen LogP contribution in [0.2, 0.25) is 0 Å². The Morgan fingerprint density at radius 2 is 1.83 bits per heavy atom. The molecule has 1 unspecified atom stereocenters. The number of piperidine rings is 1. The molecule has 0 bridgehead atoms. The van der Waals surface area contributed by atoms with Crippen LogP contribution in [0.1, 0.15) is 40.5 Å². The molecule has 2 rings (SSSR count). The van der Waals surface area contributed by atoms with E-state index in [4.69, 9.17) is 0 Å². The first-order valence-corrected chi connectivity index (χ1v) is 7.69. The molecular formula is C15H31N3. The summed E-state index contributed by atoms with van der Waals surface area (Å²) in [6.07, 6.45) is 2.71. The molecule has 1 atom stereocenters. The van der Waals surface area contributed by atoms with Crippen LogP contribution in [0.25, 0.3) is 0 Å². The summed E-state index contributed by atoms with van der Waals surface area (Å²) in [5.41, 5.74) is 0.466. The Labute approximate surface area is 113 Å². The van der Waals surface area contributed by atoms with Gasteiger partial charge in [-0.2, -0.15) is 0 Å². The Kier molecular flexibility index (Phi) is 4.68.